The van der Waals surface area contributed by atoms with E-state index in [-0.39, 0.29) is 12.3 Å². The summed E-state index contributed by atoms with van der Waals surface area (Å²) in [4.78, 5) is 11.7. The summed E-state index contributed by atoms with van der Waals surface area (Å²) in [7, 11) is 0. The van der Waals surface area contributed by atoms with Crippen molar-refractivity contribution in [2.75, 3.05) is 17.2 Å². The Morgan fingerprint density at radius 2 is 1.86 bits per heavy atom. The lowest BCUT2D eigenvalue weighted by molar-refractivity contribution is -0.115. The Kier molecular flexibility index (Phi) is 5.11. The molecule has 2 aromatic carbocycles. The lowest BCUT2D eigenvalue weighted by atomic mass is 10.2. The molecule has 0 radical (unpaired) electrons. The molecule has 1 amide bonds. The molecule has 0 aliphatic rings. The number of carbonyl (C=O) groups is 1. The Labute approximate surface area is 125 Å². The number of hydrogen-bond acceptors (Lipinski definition) is 2. The Morgan fingerprint density at radius 3 is 2.57 bits per heavy atom. The highest BCUT2D eigenvalue weighted by molar-refractivity contribution is 6.33. The average Bonchev–Trinajstić information content (AvgIpc) is 2.45. The van der Waals surface area contributed by atoms with E-state index in [1.807, 2.05) is 0 Å². The Balaban J connectivity index is 1.82. The number of rotatable bonds is 5. The Morgan fingerprint density at radius 1 is 1.10 bits per heavy atom. The second-order valence-corrected chi connectivity index (χ2v) is 4.74. The van der Waals surface area contributed by atoms with Crippen LogP contribution < -0.4 is 10.6 Å². The van der Waals surface area contributed by atoms with Crippen LogP contribution in [0.1, 0.15) is 6.42 Å². The normalized spacial score (nSPS) is 10.2. The lowest BCUT2D eigenvalue weighted by Crippen LogP contribution is -2.16. The van der Waals surface area contributed by atoms with Crippen molar-refractivity contribution in [1.29, 1.82) is 0 Å². The number of anilines is 2. The predicted molar refractivity (Wildman–Crippen MR) is 79.5 cm³/mol. The molecule has 0 aliphatic heterocycles. The van der Waals surface area contributed by atoms with Crippen molar-refractivity contribution >= 4 is 28.9 Å². The summed E-state index contributed by atoms with van der Waals surface area (Å²) < 4.78 is 25.7. The third-order valence-electron chi connectivity index (χ3n) is 2.75. The molecule has 0 saturated carbocycles. The van der Waals surface area contributed by atoms with Gasteiger partial charge in [0.2, 0.25) is 5.91 Å². The monoisotopic (exact) mass is 310 g/mol. The number of benzene rings is 2. The van der Waals surface area contributed by atoms with Crippen LogP contribution in [-0.2, 0) is 4.79 Å². The van der Waals surface area contributed by atoms with E-state index in [1.165, 1.54) is 6.07 Å². The molecule has 2 aromatic rings. The maximum atomic E-state index is 13.0. The molecule has 0 spiro atoms. The van der Waals surface area contributed by atoms with Crippen LogP contribution in [0.4, 0.5) is 20.2 Å². The van der Waals surface area contributed by atoms with Gasteiger partial charge in [-0.25, -0.2) is 8.78 Å². The minimum atomic E-state index is -0.930. The third-order valence-corrected chi connectivity index (χ3v) is 3.08. The molecule has 6 heteroatoms. The Bertz CT molecular complexity index is 649. The predicted octanol–water partition coefficient (Wildman–Crippen LogP) is 4.06. The maximum absolute atomic E-state index is 13.0. The summed E-state index contributed by atoms with van der Waals surface area (Å²) in [5.41, 5.74) is 0.955. The number of amides is 1. The van der Waals surface area contributed by atoms with Gasteiger partial charge in [0.25, 0.3) is 0 Å². The zero-order chi connectivity index (χ0) is 15.2. The van der Waals surface area contributed by atoms with Crippen molar-refractivity contribution < 1.29 is 13.6 Å². The van der Waals surface area contributed by atoms with Crippen LogP contribution in [0.2, 0.25) is 5.02 Å². The van der Waals surface area contributed by atoms with E-state index in [0.29, 0.717) is 22.9 Å². The fraction of sp³-hybridized carbons (Fsp3) is 0.133. The first kappa shape index (κ1) is 15.3. The zero-order valence-corrected chi connectivity index (χ0v) is 11.8. The van der Waals surface area contributed by atoms with Crippen LogP contribution in [0.15, 0.2) is 42.5 Å². The SMILES string of the molecule is O=C(CCNc1ccc(F)c(F)c1)Nc1ccccc1Cl. The number of nitrogens with one attached hydrogen (secondary N) is 2. The van der Waals surface area contributed by atoms with Gasteiger partial charge in [-0.3, -0.25) is 4.79 Å². The summed E-state index contributed by atoms with van der Waals surface area (Å²) >= 11 is 5.92. The van der Waals surface area contributed by atoms with Gasteiger partial charge in [-0.1, -0.05) is 23.7 Å². The quantitative estimate of drug-likeness (QED) is 0.874. The number of halogens is 3. The third kappa shape index (κ3) is 4.43. The molecule has 0 bridgehead atoms. The second kappa shape index (κ2) is 7.04. The molecular weight excluding hydrogens is 298 g/mol. The van der Waals surface area contributed by atoms with Crippen LogP contribution >= 0.6 is 11.6 Å². The van der Waals surface area contributed by atoms with Gasteiger partial charge in [0.15, 0.2) is 11.6 Å². The van der Waals surface area contributed by atoms with Gasteiger partial charge < -0.3 is 10.6 Å². The molecule has 0 saturated heterocycles. The van der Waals surface area contributed by atoms with E-state index < -0.39 is 11.6 Å². The number of carbonyl (C=O) groups excluding carboxylic acids is 1. The van der Waals surface area contributed by atoms with Crippen molar-refractivity contribution in [1.82, 2.24) is 0 Å². The van der Waals surface area contributed by atoms with Gasteiger partial charge in [-0.2, -0.15) is 0 Å². The van der Waals surface area contributed by atoms with Gasteiger partial charge >= 0.3 is 0 Å². The van der Waals surface area contributed by atoms with E-state index >= 15 is 0 Å². The molecule has 2 N–H and O–H groups in total. The van der Waals surface area contributed by atoms with Crippen LogP contribution in [-0.4, -0.2) is 12.5 Å². The van der Waals surface area contributed by atoms with Gasteiger partial charge in [0.1, 0.15) is 0 Å². The standard InChI is InChI=1S/C15H13ClF2N2O/c16-11-3-1-2-4-14(11)20-15(21)7-8-19-10-5-6-12(17)13(18)9-10/h1-6,9,19H,7-8H2,(H,20,21). The molecule has 110 valence electrons. The van der Waals surface area contributed by atoms with Crippen LogP contribution in [0.3, 0.4) is 0 Å². The summed E-state index contributed by atoms with van der Waals surface area (Å²) in [5.74, 6) is -2.06. The fourth-order valence-electron chi connectivity index (χ4n) is 1.70. The first-order valence-corrected chi connectivity index (χ1v) is 6.67. The maximum Gasteiger partial charge on any atom is 0.226 e. The molecular formula is C15H13ClF2N2O. The van der Waals surface area contributed by atoms with Crippen molar-refractivity contribution in [2.24, 2.45) is 0 Å². The highest BCUT2D eigenvalue weighted by atomic mass is 35.5. The van der Waals surface area contributed by atoms with Gasteiger partial charge in [-0.05, 0) is 30.3 Å². The zero-order valence-electron chi connectivity index (χ0n) is 11.0. The first-order valence-electron chi connectivity index (χ1n) is 6.29. The molecule has 21 heavy (non-hydrogen) atoms. The second-order valence-electron chi connectivity index (χ2n) is 4.33. The highest BCUT2D eigenvalue weighted by Gasteiger charge is 2.06. The van der Waals surface area contributed by atoms with E-state index in [4.69, 9.17) is 11.6 Å². The molecule has 0 aliphatic carbocycles. The van der Waals surface area contributed by atoms with Crippen molar-refractivity contribution in [2.45, 2.75) is 6.42 Å². The molecule has 2 rings (SSSR count). The van der Waals surface area contributed by atoms with Crippen LogP contribution in [0, 0.1) is 11.6 Å². The van der Waals surface area contributed by atoms with E-state index in [0.717, 1.165) is 12.1 Å². The molecule has 0 aromatic heterocycles. The van der Waals surface area contributed by atoms with Gasteiger partial charge in [0, 0.05) is 18.7 Å². The summed E-state index contributed by atoms with van der Waals surface area (Å²) in [6.07, 6.45) is 0.171. The molecule has 0 fully saturated rings. The smallest absolute Gasteiger partial charge is 0.226 e. The first-order chi connectivity index (χ1) is 10.1. The summed E-state index contributed by atoms with van der Waals surface area (Å²) in [6.45, 7) is 0.293. The minimum Gasteiger partial charge on any atom is -0.384 e. The fourth-order valence-corrected chi connectivity index (χ4v) is 1.88. The van der Waals surface area contributed by atoms with Crippen LogP contribution in [0.25, 0.3) is 0 Å². The molecule has 3 nitrogen and oxygen atoms in total. The molecule has 0 unspecified atom stereocenters. The number of hydrogen-bond donors (Lipinski definition) is 2. The topological polar surface area (TPSA) is 41.1 Å². The van der Waals surface area contributed by atoms with Crippen molar-refractivity contribution in [3.63, 3.8) is 0 Å². The van der Waals surface area contributed by atoms with Gasteiger partial charge in [-0.15, -0.1) is 0 Å². The van der Waals surface area contributed by atoms with Crippen LogP contribution in [0.5, 0.6) is 0 Å². The van der Waals surface area contributed by atoms with E-state index in [9.17, 15) is 13.6 Å². The average molecular weight is 311 g/mol. The molecule has 0 atom stereocenters. The largest absolute Gasteiger partial charge is 0.384 e. The highest BCUT2D eigenvalue weighted by Crippen LogP contribution is 2.20. The minimum absolute atomic E-state index is 0.171. The van der Waals surface area contributed by atoms with E-state index in [2.05, 4.69) is 10.6 Å². The molecule has 0 heterocycles. The Hall–Kier alpha value is -2.14. The lowest BCUT2D eigenvalue weighted by Gasteiger charge is -2.08. The summed E-state index contributed by atoms with van der Waals surface area (Å²) in [5, 5.41) is 5.97. The van der Waals surface area contributed by atoms with Gasteiger partial charge in [0.05, 0.1) is 10.7 Å². The van der Waals surface area contributed by atoms with Crippen molar-refractivity contribution in [3.8, 4) is 0 Å². The van der Waals surface area contributed by atoms with Crippen molar-refractivity contribution in [3.05, 3.63) is 59.1 Å². The number of para-hydroxylation sites is 1. The van der Waals surface area contributed by atoms with E-state index in [1.54, 1.807) is 24.3 Å². The summed E-state index contributed by atoms with van der Waals surface area (Å²) in [6, 6.07) is 10.4.